The minimum atomic E-state index is -0.743. The Morgan fingerprint density at radius 2 is 1.76 bits per heavy atom. The molecule has 0 unspecified atom stereocenters. The molecule has 1 heterocycles. The first-order valence-electron chi connectivity index (χ1n) is 10.6. The number of hydrogen-bond donors (Lipinski definition) is 1. The summed E-state index contributed by atoms with van der Waals surface area (Å²) in [5.74, 6) is -1.01. The normalized spacial score (nSPS) is 11.8. The lowest BCUT2D eigenvalue weighted by molar-refractivity contribution is 0.00689. The smallest absolute Gasteiger partial charge is 0.338 e. The zero-order valence-corrected chi connectivity index (χ0v) is 19.7. The van der Waals surface area contributed by atoms with Gasteiger partial charge in [-0.15, -0.1) is 0 Å². The highest BCUT2D eigenvalue weighted by Gasteiger charge is 2.20. The van der Waals surface area contributed by atoms with Crippen molar-refractivity contribution in [2.24, 2.45) is 5.41 Å². The maximum absolute atomic E-state index is 14.5. The maximum atomic E-state index is 14.5. The van der Waals surface area contributed by atoms with Crippen molar-refractivity contribution in [3.63, 3.8) is 0 Å². The summed E-state index contributed by atoms with van der Waals surface area (Å²) in [5, 5.41) is 6.52. The molecule has 0 saturated heterocycles. The number of anilines is 1. The minimum Gasteiger partial charge on any atom is -0.456 e. The van der Waals surface area contributed by atoms with Crippen LogP contribution >= 0.6 is 0 Å². The molecule has 0 aliphatic carbocycles. The van der Waals surface area contributed by atoms with Gasteiger partial charge in [-0.3, -0.25) is 4.79 Å². The summed E-state index contributed by atoms with van der Waals surface area (Å²) in [5.41, 5.74) is 0.208. The number of hydrogen-bond acceptors (Lipinski definition) is 6. The molecule has 0 spiro atoms. The summed E-state index contributed by atoms with van der Waals surface area (Å²) >= 11 is 0. The van der Waals surface area contributed by atoms with Crippen molar-refractivity contribution in [3.8, 4) is 11.4 Å². The van der Waals surface area contributed by atoms with E-state index in [-0.39, 0.29) is 16.7 Å². The van der Waals surface area contributed by atoms with Gasteiger partial charge in [-0.2, -0.15) is 4.98 Å². The SMILES string of the molecule is CC(C)(C)Cc1nc(-c2cccc(C(=O)Nc3ccc(C(=O)OC(C)(C)C)cc3F)c2)no1. The van der Waals surface area contributed by atoms with Gasteiger partial charge in [-0.05, 0) is 56.5 Å². The molecule has 33 heavy (non-hydrogen) atoms. The number of rotatable bonds is 5. The van der Waals surface area contributed by atoms with Crippen molar-refractivity contribution >= 4 is 17.6 Å². The van der Waals surface area contributed by atoms with Crippen molar-refractivity contribution in [2.75, 3.05) is 5.32 Å². The average Bonchev–Trinajstić information content (AvgIpc) is 3.15. The van der Waals surface area contributed by atoms with Crippen LogP contribution in [0.1, 0.15) is 68.1 Å². The fourth-order valence-corrected chi connectivity index (χ4v) is 2.97. The van der Waals surface area contributed by atoms with E-state index in [0.29, 0.717) is 29.3 Å². The monoisotopic (exact) mass is 453 g/mol. The lowest BCUT2D eigenvalue weighted by Gasteiger charge is -2.19. The van der Waals surface area contributed by atoms with Crippen LogP contribution in [-0.4, -0.2) is 27.6 Å². The number of halogens is 1. The van der Waals surface area contributed by atoms with Crippen LogP contribution in [0.25, 0.3) is 11.4 Å². The van der Waals surface area contributed by atoms with Gasteiger partial charge < -0.3 is 14.6 Å². The van der Waals surface area contributed by atoms with Crippen molar-refractivity contribution in [1.29, 1.82) is 0 Å². The van der Waals surface area contributed by atoms with E-state index < -0.39 is 23.3 Å². The minimum absolute atomic E-state index is 0.00532. The van der Waals surface area contributed by atoms with Crippen LogP contribution in [-0.2, 0) is 11.2 Å². The van der Waals surface area contributed by atoms with Gasteiger partial charge in [0.25, 0.3) is 5.91 Å². The Bertz CT molecular complexity index is 1170. The predicted octanol–water partition coefficient (Wildman–Crippen LogP) is 5.67. The largest absolute Gasteiger partial charge is 0.456 e. The van der Waals surface area contributed by atoms with E-state index in [2.05, 4.69) is 36.2 Å². The Morgan fingerprint density at radius 1 is 1.03 bits per heavy atom. The van der Waals surface area contributed by atoms with Gasteiger partial charge in [0.15, 0.2) is 0 Å². The summed E-state index contributed by atoms with van der Waals surface area (Å²) in [7, 11) is 0. The number of carbonyl (C=O) groups is 2. The van der Waals surface area contributed by atoms with E-state index in [4.69, 9.17) is 9.26 Å². The maximum Gasteiger partial charge on any atom is 0.338 e. The van der Waals surface area contributed by atoms with E-state index in [0.717, 1.165) is 6.07 Å². The summed E-state index contributed by atoms with van der Waals surface area (Å²) in [6, 6.07) is 10.4. The topological polar surface area (TPSA) is 94.3 Å². The van der Waals surface area contributed by atoms with E-state index in [9.17, 15) is 14.0 Å². The number of aromatic nitrogens is 2. The molecule has 0 radical (unpaired) electrons. The van der Waals surface area contributed by atoms with Crippen molar-refractivity contribution in [2.45, 2.75) is 53.6 Å². The van der Waals surface area contributed by atoms with Crippen molar-refractivity contribution < 1.29 is 23.2 Å². The highest BCUT2D eigenvalue weighted by molar-refractivity contribution is 6.05. The Labute approximate surface area is 192 Å². The average molecular weight is 454 g/mol. The Kier molecular flexibility index (Phi) is 6.67. The van der Waals surface area contributed by atoms with Gasteiger partial charge in [0.1, 0.15) is 11.4 Å². The number of nitrogens with one attached hydrogen (secondary N) is 1. The first kappa shape index (κ1) is 24.1. The first-order valence-corrected chi connectivity index (χ1v) is 10.6. The van der Waals surface area contributed by atoms with Crippen LogP contribution in [0, 0.1) is 11.2 Å². The number of ether oxygens (including phenoxy) is 1. The molecular formula is C25H28FN3O4. The van der Waals surface area contributed by atoms with Crippen LogP contribution in [0.3, 0.4) is 0 Å². The van der Waals surface area contributed by atoms with Crippen molar-refractivity contribution in [1.82, 2.24) is 10.1 Å². The number of nitrogens with zero attached hydrogens (tertiary/aromatic N) is 2. The quantitative estimate of drug-likeness (QED) is 0.500. The predicted molar refractivity (Wildman–Crippen MR) is 122 cm³/mol. The number of amides is 1. The summed E-state index contributed by atoms with van der Waals surface area (Å²) in [4.78, 5) is 29.2. The van der Waals surface area contributed by atoms with Crippen LogP contribution in [0.2, 0.25) is 0 Å². The number of carbonyl (C=O) groups excluding carboxylic acids is 2. The van der Waals surface area contributed by atoms with Crippen LogP contribution in [0.5, 0.6) is 0 Å². The lowest BCUT2D eigenvalue weighted by atomic mass is 9.92. The van der Waals surface area contributed by atoms with Crippen LogP contribution in [0.15, 0.2) is 47.0 Å². The highest BCUT2D eigenvalue weighted by atomic mass is 19.1. The summed E-state index contributed by atoms with van der Waals surface area (Å²) in [6.45, 7) is 11.4. The zero-order valence-electron chi connectivity index (χ0n) is 19.7. The van der Waals surface area contributed by atoms with Crippen molar-refractivity contribution in [3.05, 3.63) is 65.3 Å². The molecule has 8 heteroatoms. The second-order valence-electron chi connectivity index (χ2n) is 9.98. The summed E-state index contributed by atoms with van der Waals surface area (Å²) in [6.07, 6.45) is 0.624. The molecule has 0 aliphatic heterocycles. The van der Waals surface area contributed by atoms with E-state index in [1.165, 1.54) is 12.1 Å². The molecule has 1 N–H and O–H groups in total. The molecule has 0 saturated carbocycles. The molecule has 0 aliphatic rings. The second-order valence-corrected chi connectivity index (χ2v) is 9.98. The molecule has 7 nitrogen and oxygen atoms in total. The van der Waals surface area contributed by atoms with Gasteiger partial charge in [0.05, 0.1) is 11.3 Å². The Balaban J connectivity index is 1.74. The second kappa shape index (κ2) is 9.13. The first-order chi connectivity index (χ1) is 15.3. The van der Waals surface area contributed by atoms with Gasteiger partial charge >= 0.3 is 5.97 Å². The Morgan fingerprint density at radius 3 is 2.39 bits per heavy atom. The fraction of sp³-hybridized carbons (Fsp3) is 0.360. The summed E-state index contributed by atoms with van der Waals surface area (Å²) < 4.78 is 25.1. The third kappa shape index (κ3) is 6.71. The van der Waals surface area contributed by atoms with E-state index in [1.807, 2.05) is 0 Å². The van der Waals surface area contributed by atoms with Gasteiger partial charge in [0, 0.05) is 17.5 Å². The molecule has 0 fully saturated rings. The van der Waals surface area contributed by atoms with E-state index in [1.54, 1.807) is 45.0 Å². The number of benzene rings is 2. The Hall–Kier alpha value is -3.55. The standard InChI is InChI=1S/C25H28FN3O4/c1-24(2,3)14-20-28-21(29-33-20)15-8-7-9-16(12-15)22(30)27-19-11-10-17(13-18(19)26)23(31)32-25(4,5)6/h7-13H,14H2,1-6H3,(H,27,30). The molecule has 2 aromatic carbocycles. The fourth-order valence-electron chi connectivity index (χ4n) is 2.97. The van der Waals surface area contributed by atoms with Crippen LogP contribution in [0.4, 0.5) is 10.1 Å². The molecule has 1 aromatic heterocycles. The molecule has 1 amide bonds. The third-order valence-electron chi connectivity index (χ3n) is 4.38. The number of esters is 1. The third-order valence-corrected chi connectivity index (χ3v) is 4.38. The molecule has 0 bridgehead atoms. The molecule has 3 rings (SSSR count). The van der Waals surface area contributed by atoms with Gasteiger partial charge in [-0.25, -0.2) is 9.18 Å². The zero-order chi connectivity index (χ0) is 24.4. The van der Waals surface area contributed by atoms with Gasteiger partial charge in [-0.1, -0.05) is 38.1 Å². The van der Waals surface area contributed by atoms with Crippen LogP contribution < -0.4 is 5.32 Å². The van der Waals surface area contributed by atoms with E-state index >= 15 is 0 Å². The molecule has 3 aromatic rings. The highest BCUT2D eigenvalue weighted by Crippen LogP contribution is 2.24. The molecule has 0 atom stereocenters. The van der Waals surface area contributed by atoms with Gasteiger partial charge in [0.2, 0.25) is 11.7 Å². The molecular weight excluding hydrogens is 425 g/mol. The lowest BCUT2D eigenvalue weighted by Crippen LogP contribution is -2.24. The molecule has 174 valence electrons.